The van der Waals surface area contributed by atoms with E-state index in [9.17, 15) is 4.79 Å². The first-order valence-electron chi connectivity index (χ1n) is 8.74. The third-order valence-electron chi connectivity index (χ3n) is 4.36. The van der Waals surface area contributed by atoms with Crippen molar-refractivity contribution in [2.75, 3.05) is 26.6 Å². The molecule has 0 saturated carbocycles. The fraction of sp³-hybridized carbons (Fsp3) is 0.238. The molecule has 0 amide bonds. The monoisotopic (exact) mass is 381 g/mol. The van der Waals surface area contributed by atoms with E-state index in [1.165, 1.54) is 7.11 Å². The first-order valence-corrected chi connectivity index (χ1v) is 8.74. The van der Waals surface area contributed by atoms with Crippen LogP contribution in [-0.2, 0) is 6.54 Å². The molecule has 0 aliphatic rings. The standard InChI is InChI=1S/C21H23N3O4/c1-14-10-17(26-2)18(27-3)11-16(14)22-21-23-20(25)19(28-4)13-24(21)12-15-8-6-5-7-9-15/h5-11,13H,12H2,1-4H3,(H,22,23,25). The van der Waals surface area contributed by atoms with E-state index < -0.39 is 5.56 Å². The summed E-state index contributed by atoms with van der Waals surface area (Å²) in [6.45, 7) is 2.46. The SMILES string of the molecule is COc1cc(C)c(Nc2nc(=O)c(OC)cn2Cc2ccccc2)cc1OC. The number of rotatable bonds is 7. The molecule has 0 spiro atoms. The third kappa shape index (κ3) is 4.09. The quantitative estimate of drug-likeness (QED) is 0.676. The molecule has 146 valence electrons. The Balaban J connectivity index is 2.04. The van der Waals surface area contributed by atoms with E-state index in [0.29, 0.717) is 24.0 Å². The summed E-state index contributed by atoms with van der Waals surface area (Å²) in [5, 5.41) is 3.24. The summed E-state index contributed by atoms with van der Waals surface area (Å²) < 4.78 is 17.7. The summed E-state index contributed by atoms with van der Waals surface area (Å²) in [6.07, 6.45) is 1.65. The molecule has 0 unspecified atom stereocenters. The Labute approximate surface area is 163 Å². The smallest absolute Gasteiger partial charge is 0.316 e. The Morgan fingerprint density at radius 2 is 1.61 bits per heavy atom. The first kappa shape index (κ1) is 19.3. The van der Waals surface area contributed by atoms with Gasteiger partial charge in [0.25, 0.3) is 0 Å². The number of aryl methyl sites for hydroxylation is 1. The van der Waals surface area contributed by atoms with Crippen molar-refractivity contribution < 1.29 is 14.2 Å². The number of anilines is 2. The van der Waals surface area contributed by atoms with Crippen LogP contribution >= 0.6 is 0 Å². The normalized spacial score (nSPS) is 10.4. The fourth-order valence-electron chi connectivity index (χ4n) is 2.85. The molecule has 28 heavy (non-hydrogen) atoms. The topological polar surface area (TPSA) is 74.6 Å². The molecule has 0 aliphatic carbocycles. The van der Waals surface area contributed by atoms with Crippen molar-refractivity contribution in [3.05, 3.63) is 70.1 Å². The molecule has 1 N–H and O–H groups in total. The number of hydrogen-bond donors (Lipinski definition) is 1. The summed E-state index contributed by atoms with van der Waals surface area (Å²) in [6, 6.07) is 13.6. The third-order valence-corrected chi connectivity index (χ3v) is 4.36. The van der Waals surface area contributed by atoms with Gasteiger partial charge in [0.05, 0.1) is 34.1 Å². The Kier molecular flexibility index (Phi) is 5.84. The van der Waals surface area contributed by atoms with E-state index in [4.69, 9.17) is 14.2 Å². The van der Waals surface area contributed by atoms with Crippen molar-refractivity contribution in [3.8, 4) is 17.2 Å². The average Bonchev–Trinajstić information content (AvgIpc) is 2.71. The van der Waals surface area contributed by atoms with E-state index in [0.717, 1.165) is 16.8 Å². The number of nitrogens with one attached hydrogen (secondary N) is 1. The van der Waals surface area contributed by atoms with Crippen LogP contribution in [0.4, 0.5) is 11.6 Å². The van der Waals surface area contributed by atoms with Gasteiger partial charge in [-0.05, 0) is 24.1 Å². The molecule has 1 heterocycles. The van der Waals surface area contributed by atoms with E-state index in [2.05, 4.69) is 10.3 Å². The lowest BCUT2D eigenvalue weighted by Crippen LogP contribution is -2.19. The highest BCUT2D eigenvalue weighted by atomic mass is 16.5. The summed E-state index contributed by atoms with van der Waals surface area (Å²) >= 11 is 0. The lowest BCUT2D eigenvalue weighted by atomic mass is 10.1. The van der Waals surface area contributed by atoms with Gasteiger partial charge in [0.2, 0.25) is 11.7 Å². The average molecular weight is 381 g/mol. The van der Waals surface area contributed by atoms with Gasteiger partial charge in [-0.25, -0.2) is 0 Å². The molecule has 7 nitrogen and oxygen atoms in total. The van der Waals surface area contributed by atoms with Gasteiger partial charge in [0, 0.05) is 11.8 Å². The molecule has 3 rings (SSSR count). The maximum atomic E-state index is 12.2. The fourth-order valence-corrected chi connectivity index (χ4v) is 2.85. The summed E-state index contributed by atoms with van der Waals surface area (Å²) in [5.41, 5.74) is 2.32. The zero-order valence-corrected chi connectivity index (χ0v) is 16.4. The zero-order chi connectivity index (χ0) is 20.1. The van der Waals surface area contributed by atoms with Gasteiger partial charge in [-0.1, -0.05) is 30.3 Å². The molecule has 0 bridgehead atoms. The first-order chi connectivity index (χ1) is 13.5. The number of nitrogens with zero attached hydrogens (tertiary/aromatic N) is 2. The van der Waals surface area contributed by atoms with Crippen LogP contribution in [0.2, 0.25) is 0 Å². The molecule has 7 heteroatoms. The molecule has 2 aromatic carbocycles. The number of aromatic nitrogens is 2. The van der Waals surface area contributed by atoms with Gasteiger partial charge in [-0.2, -0.15) is 4.98 Å². The van der Waals surface area contributed by atoms with Crippen molar-refractivity contribution >= 4 is 11.6 Å². The van der Waals surface area contributed by atoms with Crippen LogP contribution in [0.25, 0.3) is 0 Å². The molecule has 0 saturated heterocycles. The summed E-state index contributed by atoms with van der Waals surface area (Å²) in [4.78, 5) is 16.4. The van der Waals surface area contributed by atoms with Crippen LogP contribution < -0.4 is 25.1 Å². The predicted octanol–water partition coefficient (Wildman–Crippen LogP) is 3.37. The van der Waals surface area contributed by atoms with Gasteiger partial charge in [-0.15, -0.1) is 0 Å². The molecular formula is C21H23N3O4. The molecule has 0 fully saturated rings. The Morgan fingerprint density at radius 1 is 0.964 bits per heavy atom. The summed E-state index contributed by atoms with van der Waals surface area (Å²) in [5.74, 6) is 1.81. The van der Waals surface area contributed by atoms with Crippen LogP contribution in [0.1, 0.15) is 11.1 Å². The van der Waals surface area contributed by atoms with Gasteiger partial charge in [-0.3, -0.25) is 4.79 Å². The van der Waals surface area contributed by atoms with E-state index in [-0.39, 0.29) is 5.75 Å². The second kappa shape index (κ2) is 8.47. The van der Waals surface area contributed by atoms with Crippen molar-refractivity contribution in [1.82, 2.24) is 9.55 Å². The Morgan fingerprint density at radius 3 is 2.25 bits per heavy atom. The molecule has 0 aliphatic heterocycles. The molecule has 0 radical (unpaired) electrons. The van der Waals surface area contributed by atoms with Gasteiger partial charge < -0.3 is 24.1 Å². The lowest BCUT2D eigenvalue weighted by molar-refractivity contribution is 0.355. The van der Waals surface area contributed by atoms with Crippen LogP contribution in [-0.4, -0.2) is 30.9 Å². The largest absolute Gasteiger partial charge is 0.493 e. The van der Waals surface area contributed by atoms with Gasteiger partial charge in [0.15, 0.2) is 11.5 Å². The van der Waals surface area contributed by atoms with Crippen molar-refractivity contribution in [2.45, 2.75) is 13.5 Å². The number of methoxy groups -OCH3 is 3. The highest BCUT2D eigenvalue weighted by Crippen LogP contribution is 2.34. The van der Waals surface area contributed by atoms with Crippen molar-refractivity contribution in [1.29, 1.82) is 0 Å². The minimum Gasteiger partial charge on any atom is -0.493 e. The van der Waals surface area contributed by atoms with Crippen molar-refractivity contribution in [2.24, 2.45) is 0 Å². The molecule has 0 atom stereocenters. The second-order valence-corrected chi connectivity index (χ2v) is 6.20. The highest BCUT2D eigenvalue weighted by molar-refractivity contribution is 5.64. The van der Waals surface area contributed by atoms with Gasteiger partial charge in [0.1, 0.15) is 0 Å². The minimum absolute atomic E-state index is 0.186. The van der Waals surface area contributed by atoms with E-state index >= 15 is 0 Å². The summed E-state index contributed by atoms with van der Waals surface area (Å²) in [7, 11) is 4.62. The molecule has 1 aromatic heterocycles. The minimum atomic E-state index is -0.438. The second-order valence-electron chi connectivity index (χ2n) is 6.20. The lowest BCUT2D eigenvalue weighted by Gasteiger charge is -2.18. The van der Waals surface area contributed by atoms with E-state index in [1.807, 2.05) is 54.0 Å². The molecule has 3 aromatic rings. The van der Waals surface area contributed by atoms with Crippen LogP contribution in [0.5, 0.6) is 17.2 Å². The highest BCUT2D eigenvalue weighted by Gasteiger charge is 2.13. The number of ether oxygens (including phenoxy) is 3. The maximum Gasteiger partial charge on any atom is 0.316 e. The zero-order valence-electron chi connectivity index (χ0n) is 16.4. The van der Waals surface area contributed by atoms with Crippen LogP contribution in [0.15, 0.2) is 53.5 Å². The predicted molar refractivity (Wildman–Crippen MR) is 108 cm³/mol. The van der Waals surface area contributed by atoms with Crippen molar-refractivity contribution in [3.63, 3.8) is 0 Å². The van der Waals surface area contributed by atoms with Crippen LogP contribution in [0, 0.1) is 6.92 Å². The number of hydrogen-bond acceptors (Lipinski definition) is 6. The number of benzene rings is 2. The van der Waals surface area contributed by atoms with Gasteiger partial charge >= 0.3 is 5.56 Å². The van der Waals surface area contributed by atoms with E-state index in [1.54, 1.807) is 20.4 Å². The Hall–Kier alpha value is -3.48. The molecular weight excluding hydrogens is 358 g/mol. The van der Waals surface area contributed by atoms with Crippen LogP contribution in [0.3, 0.4) is 0 Å². The maximum absolute atomic E-state index is 12.2. The Bertz CT molecular complexity index is 1020.